The van der Waals surface area contributed by atoms with E-state index in [0.717, 1.165) is 0 Å². The second-order valence-corrected chi connectivity index (χ2v) is 29.9. The van der Waals surface area contributed by atoms with Gasteiger partial charge in [0, 0.05) is 55.6 Å². The van der Waals surface area contributed by atoms with Crippen LogP contribution in [0.5, 0.6) is 155 Å². The second kappa shape index (κ2) is 29.0. The van der Waals surface area contributed by atoms with Gasteiger partial charge in [0.05, 0.1) is 56.0 Å². The molecule has 1 spiro atoms. The number of aliphatic hydroxyl groups is 2. The Kier molecular flexibility index (Phi) is 18.8. The lowest BCUT2D eigenvalue weighted by Gasteiger charge is -2.47. The first-order valence-electron chi connectivity index (χ1n) is 36.9. The summed E-state index contributed by atoms with van der Waals surface area (Å²) in [4.78, 5) is 169. The van der Waals surface area contributed by atoms with Gasteiger partial charge in [-0.2, -0.15) is 0 Å². The number of hydrogen-bond acceptors (Lipinski definition) is 49. The molecule has 0 saturated carbocycles. The standard InChI is InChI=1S/C81H52O50/c82-20-1-12(2-21(83)44(20)90)72(112)124-30-11-122-74(114)15-4-23(85)46(92)53(99)32(15)34-17(6-25(87)48(94)55(34)101)76(116)126-64(30)68-66-42-37-13(71(110)111)9-28(51(97)65(37)131-81(42)43(80(120)127-66)40(61(107)70(81)109)36-19(78(118)129-68)8-27(89)50(96)57(36)103)123-29-10-121-73(113)14-3-22(84)45(91)52(98)31(14)33-16(5-24(86)47(93)54(33)100)75(115)125-63(29)69-67-60(106)41-39(79(119)128-67)38(58(104)62(108)59(41)105)35-18(77(117)130-69)7-26(88)49(95)56(35)102/h1-9,29-30,42-43,60,63-64,66-69,82-108H,10-11H2,(H,110,111)/t29-,30-,42+,43-,60-,63-,64-,66-,67-,68+,69+,81+/m1/s1. The number of aromatic hydroxyl groups is 25. The molecule has 8 heterocycles. The van der Waals surface area contributed by atoms with Gasteiger partial charge in [0.25, 0.3) is 0 Å². The van der Waals surface area contributed by atoms with E-state index in [1.54, 1.807) is 0 Å². The first-order chi connectivity index (χ1) is 61.7. The van der Waals surface area contributed by atoms with E-state index < -0.39 is 418 Å². The summed E-state index contributed by atoms with van der Waals surface area (Å²) >= 11 is 0. The number of carbonyl (C=O) groups is 11. The molecule has 0 radical (unpaired) electrons. The summed E-state index contributed by atoms with van der Waals surface area (Å²) in [7, 11) is 0. The number of ether oxygens (including phenoxy) is 11. The largest absolute Gasteiger partial charge is 0.504 e. The molecule has 18 rings (SSSR count). The quantitative estimate of drug-likeness (QED) is 0.0619. The van der Waals surface area contributed by atoms with Crippen LogP contribution in [0.15, 0.2) is 60.4 Å². The molecule has 676 valence electrons. The van der Waals surface area contributed by atoms with Gasteiger partial charge >= 0.3 is 59.7 Å². The van der Waals surface area contributed by atoms with Crippen LogP contribution in [0.1, 0.15) is 122 Å². The molecule has 0 aromatic heterocycles. The third-order valence-corrected chi connectivity index (χ3v) is 22.9. The molecule has 8 bridgehead atoms. The lowest BCUT2D eigenvalue weighted by molar-refractivity contribution is -0.200. The molecule has 1 saturated heterocycles. The van der Waals surface area contributed by atoms with Gasteiger partial charge < -0.3 is 195 Å². The van der Waals surface area contributed by atoms with E-state index in [1.165, 1.54) is 0 Å². The Morgan fingerprint density at radius 1 is 0.336 bits per heavy atom. The van der Waals surface area contributed by atoms with Crippen molar-refractivity contribution in [2.75, 3.05) is 13.2 Å². The van der Waals surface area contributed by atoms with Crippen LogP contribution in [0.25, 0.3) is 39.0 Å². The highest BCUT2D eigenvalue weighted by Gasteiger charge is 2.77. The average molecular weight is 1830 g/mol. The second-order valence-electron chi connectivity index (χ2n) is 29.9. The van der Waals surface area contributed by atoms with Gasteiger partial charge in [-0.25, -0.2) is 43.2 Å². The van der Waals surface area contributed by atoms with Gasteiger partial charge in [-0.15, -0.1) is 0 Å². The van der Waals surface area contributed by atoms with Crippen LogP contribution < -0.4 is 9.47 Å². The van der Waals surface area contributed by atoms with Crippen LogP contribution in [-0.2, 0) is 52.2 Å². The number of Topliss-reactive ketones (excluding diaryl/α,β-unsaturated/α-hetero) is 1. The van der Waals surface area contributed by atoms with Crippen molar-refractivity contribution < 1.29 is 248 Å². The zero-order valence-electron chi connectivity index (χ0n) is 64.0. The van der Waals surface area contributed by atoms with Crippen LogP contribution >= 0.6 is 0 Å². The molecule has 0 unspecified atom stereocenters. The Hall–Kier alpha value is -18.5. The van der Waals surface area contributed by atoms with E-state index in [1.807, 2.05) is 0 Å². The van der Waals surface area contributed by atoms with Crippen LogP contribution in [0, 0.1) is 5.92 Å². The molecule has 131 heavy (non-hydrogen) atoms. The van der Waals surface area contributed by atoms with E-state index in [4.69, 9.17) is 52.1 Å². The van der Waals surface area contributed by atoms with Gasteiger partial charge in [0.1, 0.15) is 25.2 Å². The Balaban J connectivity index is 0.915. The van der Waals surface area contributed by atoms with E-state index in [9.17, 15) is 162 Å². The summed E-state index contributed by atoms with van der Waals surface area (Å²) in [6.45, 7) is -3.81. The van der Waals surface area contributed by atoms with Crippen LogP contribution in [0.2, 0.25) is 0 Å². The molecule has 1 aliphatic carbocycles. The van der Waals surface area contributed by atoms with Crippen LogP contribution in [0.3, 0.4) is 0 Å². The van der Waals surface area contributed by atoms with Gasteiger partial charge in [-0.3, -0.25) is 9.59 Å². The Labute approximate surface area is 717 Å². The third kappa shape index (κ3) is 11.9. The number of hydrogen-bond donors (Lipinski definition) is 28. The van der Waals surface area contributed by atoms with Crippen molar-refractivity contribution in [1.82, 2.24) is 0 Å². The van der Waals surface area contributed by atoms with Crippen LogP contribution in [0.4, 0.5) is 0 Å². The summed E-state index contributed by atoms with van der Waals surface area (Å²) in [5.74, 6) is -75.4. The molecule has 50 heteroatoms. The minimum Gasteiger partial charge on any atom is -0.504 e. The van der Waals surface area contributed by atoms with E-state index in [0.29, 0.717) is 12.1 Å². The number of rotatable bonds is 7. The predicted octanol–water partition coefficient (Wildman–Crippen LogP) is 2.45. The molecule has 12 atom stereocenters. The number of aromatic carboxylic acids is 1. The number of esters is 9. The molecule has 0 amide bonds. The normalized spacial score (nSPS) is 22.8. The average Bonchev–Trinajstić information content (AvgIpc) is 1.51. The van der Waals surface area contributed by atoms with Crippen LogP contribution in [-0.4, -0.2) is 276 Å². The predicted molar refractivity (Wildman–Crippen MR) is 403 cm³/mol. The van der Waals surface area contributed by atoms with Gasteiger partial charge in [-0.1, -0.05) is 0 Å². The number of carboxylic acid groups (broad SMARTS) is 1. The maximum Gasteiger partial charge on any atom is 0.339 e. The summed E-state index contributed by atoms with van der Waals surface area (Å²) in [6, 6.07) is 2.00. The summed E-state index contributed by atoms with van der Waals surface area (Å²) in [6.07, 6.45) is -28.7. The molecular formula is C81H52O50. The first-order valence-corrected chi connectivity index (χ1v) is 36.9. The van der Waals surface area contributed by atoms with Crippen molar-refractivity contribution >= 4 is 71.0 Å². The Morgan fingerprint density at radius 3 is 1.13 bits per heavy atom. The third-order valence-electron chi connectivity index (χ3n) is 22.9. The monoisotopic (exact) mass is 1820 g/mol. The SMILES string of the molecule is O=C(O[C@@H]1COC(=O)c2cc(O)c(O)c(O)c2-c2c(cc(O)c(O)c2O)C(=O)O[C@H]1[C@@H]1OC(=O)c2cc(O)c(O)c(O)c2C2=C(O)C(=O)[C@]34Oc5c(O)c(O[C@@H]6COC(=O)c7cc(O)c(O)c(O)c7-c7c(cc(O)c(O)c7O)C(=O)O[C@H]6[C@@H]6OC(=O)c7cc(O)c(O)c(O)c7-c7c(O)c(O)c(O)c8c7C(=O)O[C@@H]6[C@@H]8O)cc(C(=O)O)c5[C@H]3[C@H]1OC(=O)[C@@H]24)c1cc(O)c(O)c(O)c1. The molecule has 1 fully saturated rings. The van der Waals surface area contributed by atoms with Crippen molar-refractivity contribution in [3.05, 3.63) is 127 Å². The van der Waals surface area contributed by atoms with Crippen molar-refractivity contribution in [1.29, 1.82) is 0 Å². The number of aliphatic hydroxyl groups excluding tert-OH is 2. The highest BCUT2D eigenvalue weighted by atomic mass is 16.7. The highest BCUT2D eigenvalue weighted by Crippen LogP contribution is 2.68. The van der Waals surface area contributed by atoms with E-state index >= 15 is 33.6 Å². The highest BCUT2D eigenvalue weighted by molar-refractivity contribution is 6.22. The van der Waals surface area contributed by atoms with Crippen molar-refractivity contribution in [2.24, 2.45) is 5.92 Å². The van der Waals surface area contributed by atoms with Crippen molar-refractivity contribution in [3.63, 3.8) is 0 Å². The summed E-state index contributed by atoms with van der Waals surface area (Å²) < 4.78 is 65.1. The fourth-order valence-electron chi connectivity index (χ4n) is 17.0. The molecule has 8 aliphatic heterocycles. The lowest BCUT2D eigenvalue weighted by Crippen LogP contribution is -2.65. The molecule has 50 nitrogen and oxygen atoms in total. The molecule has 9 aromatic carbocycles. The number of phenolic OH excluding ortho intramolecular Hbond substituents is 25. The van der Waals surface area contributed by atoms with Crippen molar-refractivity contribution in [2.45, 2.75) is 66.5 Å². The molecule has 9 aliphatic rings. The van der Waals surface area contributed by atoms with Crippen molar-refractivity contribution in [3.8, 4) is 189 Å². The number of carboxylic acids is 1. The molecular weight excluding hydrogens is 1770 g/mol. The zero-order chi connectivity index (χ0) is 94.9. The maximum atomic E-state index is 16.2. The fraction of sp³-hybridized carbons (Fsp3) is 0.173. The number of benzene rings is 9. The first kappa shape index (κ1) is 84.7. The Morgan fingerprint density at radius 2 is 0.695 bits per heavy atom. The van der Waals surface area contributed by atoms with Gasteiger partial charge in [0.2, 0.25) is 57.4 Å². The zero-order valence-corrected chi connectivity index (χ0v) is 64.0. The summed E-state index contributed by atoms with van der Waals surface area (Å²) in [5, 5.41) is 319. The number of phenols is 25. The number of ketones is 1. The minimum atomic E-state index is -3.85. The fourth-order valence-corrected chi connectivity index (χ4v) is 17.0. The number of cyclic esters (lactones) is 5. The minimum absolute atomic E-state index is 0.0968. The number of carbonyl (C=O) groups excluding carboxylic acids is 10. The van der Waals surface area contributed by atoms with E-state index in [2.05, 4.69) is 0 Å². The summed E-state index contributed by atoms with van der Waals surface area (Å²) in [5.41, 5.74) is -30.4. The number of fused-ring (bicyclic) bond motifs is 12. The van der Waals surface area contributed by atoms with Gasteiger partial charge in [-0.05, 0) is 54.6 Å². The lowest BCUT2D eigenvalue weighted by atomic mass is 9.66. The maximum absolute atomic E-state index is 16.2. The van der Waals surface area contributed by atoms with E-state index in [-0.39, 0.29) is 42.5 Å². The topological polar surface area (TPSA) is 856 Å². The Bertz CT molecular complexity index is 6890. The van der Waals surface area contributed by atoms with Gasteiger partial charge in [0.15, 0.2) is 164 Å². The molecule has 28 N–H and O–H groups in total. The smallest absolute Gasteiger partial charge is 0.339 e. The molecule has 9 aromatic rings.